The molecule has 1 aromatic rings. The maximum Gasteiger partial charge on any atom is 0.246 e. The lowest BCUT2D eigenvalue weighted by Crippen LogP contribution is -2.59. The van der Waals surface area contributed by atoms with Gasteiger partial charge in [0.1, 0.15) is 11.8 Å². The van der Waals surface area contributed by atoms with Gasteiger partial charge >= 0.3 is 0 Å². The molecule has 202 valence electrons. The van der Waals surface area contributed by atoms with Gasteiger partial charge in [-0.3, -0.25) is 9.59 Å². The minimum absolute atomic E-state index is 0.00533. The van der Waals surface area contributed by atoms with Crippen molar-refractivity contribution in [3.63, 3.8) is 0 Å². The molecule has 3 rings (SSSR count). The summed E-state index contributed by atoms with van der Waals surface area (Å²) in [6.07, 6.45) is 1.58. The second kappa shape index (κ2) is 10.6. The fraction of sp³-hybridized carbons (Fsp3) is 0.667. The summed E-state index contributed by atoms with van der Waals surface area (Å²) in [5.41, 5.74) is -0.606. The summed E-state index contributed by atoms with van der Waals surface area (Å²) >= 11 is 0. The predicted octanol–water partition coefficient (Wildman–Crippen LogP) is 1.34. The van der Waals surface area contributed by atoms with E-state index in [9.17, 15) is 26.8 Å². The molecule has 0 saturated carbocycles. The summed E-state index contributed by atoms with van der Waals surface area (Å²) in [6.45, 7) is 7.72. The van der Waals surface area contributed by atoms with Gasteiger partial charge in [-0.05, 0) is 37.9 Å². The summed E-state index contributed by atoms with van der Waals surface area (Å²) in [4.78, 5) is 28.1. The molecule has 2 aliphatic heterocycles. The molecule has 9 nitrogen and oxygen atoms in total. The van der Waals surface area contributed by atoms with E-state index < -0.39 is 57.2 Å². The molecule has 0 aliphatic carbocycles. The van der Waals surface area contributed by atoms with Gasteiger partial charge in [-0.25, -0.2) is 17.2 Å². The van der Waals surface area contributed by atoms with Crippen LogP contribution in [-0.4, -0.2) is 86.6 Å². The third-order valence-electron chi connectivity index (χ3n) is 6.98. The van der Waals surface area contributed by atoms with Crippen LogP contribution >= 0.6 is 0 Å². The Morgan fingerprint density at radius 2 is 1.89 bits per heavy atom. The maximum atomic E-state index is 13.8. The summed E-state index contributed by atoms with van der Waals surface area (Å²) < 4.78 is 59.1. The van der Waals surface area contributed by atoms with Gasteiger partial charge in [0.05, 0.1) is 24.9 Å². The lowest BCUT2D eigenvalue weighted by molar-refractivity contribution is -0.141. The largest absolute Gasteiger partial charge is 0.493 e. The molecule has 0 spiro atoms. The van der Waals surface area contributed by atoms with Crippen molar-refractivity contribution < 1.29 is 31.5 Å². The number of amides is 2. The average molecular weight is 531 g/mol. The Morgan fingerprint density at radius 1 is 1.22 bits per heavy atom. The number of benzene rings is 1. The number of carbonyl (C=O) groups excluding carboxylic acids is 2. The first-order valence-corrected chi connectivity index (χ1v) is 13.8. The first-order valence-electron chi connectivity index (χ1n) is 12.0. The average Bonchev–Trinajstić information content (AvgIpc) is 3.36. The van der Waals surface area contributed by atoms with E-state index in [0.717, 1.165) is 18.4 Å². The summed E-state index contributed by atoms with van der Waals surface area (Å²) in [5, 5.41) is 5.72. The molecular weight excluding hydrogens is 494 g/mol. The van der Waals surface area contributed by atoms with Crippen molar-refractivity contribution >= 4 is 21.8 Å². The third kappa shape index (κ3) is 5.97. The zero-order valence-corrected chi connectivity index (χ0v) is 22.4. The van der Waals surface area contributed by atoms with Crippen molar-refractivity contribution in [1.82, 2.24) is 19.8 Å². The van der Waals surface area contributed by atoms with Gasteiger partial charge in [0.15, 0.2) is 11.6 Å². The molecule has 2 N–H and O–H groups in total. The van der Waals surface area contributed by atoms with Gasteiger partial charge in [-0.1, -0.05) is 20.8 Å². The van der Waals surface area contributed by atoms with Gasteiger partial charge in [-0.15, -0.1) is 0 Å². The molecule has 2 heterocycles. The van der Waals surface area contributed by atoms with Crippen molar-refractivity contribution in [1.29, 1.82) is 0 Å². The van der Waals surface area contributed by atoms with Crippen LogP contribution in [0.15, 0.2) is 18.2 Å². The Bertz CT molecular complexity index is 1090. The third-order valence-corrected chi connectivity index (χ3v) is 8.25. The minimum Gasteiger partial charge on any atom is -0.493 e. The van der Waals surface area contributed by atoms with E-state index in [4.69, 9.17) is 4.74 Å². The number of nitrogens with one attached hydrogen (secondary N) is 2. The van der Waals surface area contributed by atoms with Crippen molar-refractivity contribution in [2.45, 2.75) is 58.3 Å². The second-order valence-corrected chi connectivity index (χ2v) is 12.6. The van der Waals surface area contributed by atoms with E-state index in [1.165, 1.54) is 10.4 Å². The number of nitrogens with zero attached hydrogens (tertiary/aromatic N) is 2. The molecule has 5 atom stereocenters. The van der Waals surface area contributed by atoms with Crippen LogP contribution in [0.4, 0.5) is 8.78 Å². The lowest BCUT2D eigenvalue weighted by atomic mass is 9.85. The topological polar surface area (TPSA) is 108 Å². The second-order valence-electron chi connectivity index (χ2n) is 10.7. The minimum atomic E-state index is -3.56. The molecular formula is C24H36F2N4O5S. The molecule has 0 aromatic heterocycles. The number of hydrogen-bond acceptors (Lipinski definition) is 6. The first kappa shape index (κ1) is 28.3. The summed E-state index contributed by atoms with van der Waals surface area (Å²) in [5.74, 6) is -2.95. The SMILES string of the molecule is CN[C@@H](C)C(=O)N[C@H](C(=O)N1CC[C@@H]2[C@H]1[C@@H](COc1ccc(F)c(F)c1)CN2S(C)(=O)=O)C(C)(C)C. The zero-order valence-electron chi connectivity index (χ0n) is 21.5. The molecule has 0 radical (unpaired) electrons. The highest BCUT2D eigenvalue weighted by atomic mass is 32.2. The van der Waals surface area contributed by atoms with Crippen LogP contribution in [0.2, 0.25) is 0 Å². The Kier molecular flexibility index (Phi) is 8.31. The Hall–Kier alpha value is -2.31. The summed E-state index contributed by atoms with van der Waals surface area (Å²) in [6, 6.07) is 0.931. The van der Waals surface area contributed by atoms with Crippen molar-refractivity contribution in [3.05, 3.63) is 29.8 Å². The highest BCUT2D eigenvalue weighted by molar-refractivity contribution is 7.88. The van der Waals surface area contributed by atoms with Crippen LogP contribution < -0.4 is 15.4 Å². The quantitative estimate of drug-likeness (QED) is 0.525. The Balaban J connectivity index is 1.87. The smallest absolute Gasteiger partial charge is 0.246 e. The van der Waals surface area contributed by atoms with E-state index in [0.29, 0.717) is 13.0 Å². The fourth-order valence-electron chi connectivity index (χ4n) is 4.93. The number of halogens is 2. The zero-order chi connectivity index (χ0) is 27.0. The monoisotopic (exact) mass is 530 g/mol. The molecule has 1 aromatic carbocycles. The normalized spacial score (nSPS) is 24.3. The van der Waals surface area contributed by atoms with Crippen molar-refractivity contribution in [2.75, 3.05) is 33.0 Å². The summed E-state index contributed by atoms with van der Waals surface area (Å²) in [7, 11) is -1.91. The number of hydrogen-bond donors (Lipinski definition) is 2. The van der Waals surface area contributed by atoms with Crippen LogP contribution in [-0.2, 0) is 19.6 Å². The van der Waals surface area contributed by atoms with Crippen LogP contribution in [0.3, 0.4) is 0 Å². The maximum absolute atomic E-state index is 13.8. The fourth-order valence-corrected chi connectivity index (χ4v) is 6.11. The molecule has 36 heavy (non-hydrogen) atoms. The molecule has 12 heteroatoms. The van der Waals surface area contributed by atoms with Crippen LogP contribution in [0.5, 0.6) is 5.75 Å². The van der Waals surface area contributed by atoms with E-state index >= 15 is 0 Å². The van der Waals surface area contributed by atoms with E-state index in [1.807, 2.05) is 20.8 Å². The van der Waals surface area contributed by atoms with Gasteiger partial charge in [0, 0.05) is 31.1 Å². The van der Waals surface area contributed by atoms with E-state index in [2.05, 4.69) is 10.6 Å². The number of likely N-dealkylation sites (tertiary alicyclic amines) is 1. The van der Waals surface area contributed by atoms with Gasteiger partial charge < -0.3 is 20.3 Å². The molecule has 2 amide bonds. The molecule has 0 bridgehead atoms. The predicted molar refractivity (Wildman–Crippen MR) is 131 cm³/mol. The van der Waals surface area contributed by atoms with Crippen LogP contribution in [0.1, 0.15) is 34.1 Å². The van der Waals surface area contributed by atoms with Gasteiger partial charge in [0.25, 0.3) is 0 Å². The number of likely N-dealkylation sites (N-methyl/N-ethyl adjacent to an activating group) is 1. The van der Waals surface area contributed by atoms with Crippen LogP contribution in [0, 0.1) is 23.0 Å². The number of carbonyl (C=O) groups is 2. The Morgan fingerprint density at radius 3 is 2.44 bits per heavy atom. The molecule has 2 fully saturated rings. The molecule has 2 aliphatic rings. The van der Waals surface area contributed by atoms with E-state index in [-0.39, 0.29) is 30.7 Å². The number of rotatable bonds is 8. The first-order chi connectivity index (χ1) is 16.6. The molecule has 0 unspecified atom stereocenters. The van der Waals surface area contributed by atoms with Gasteiger partial charge in [-0.2, -0.15) is 4.31 Å². The number of sulfonamides is 1. The molecule has 2 saturated heterocycles. The number of fused-ring (bicyclic) bond motifs is 1. The highest BCUT2D eigenvalue weighted by Crippen LogP contribution is 2.38. The van der Waals surface area contributed by atoms with Crippen LogP contribution in [0.25, 0.3) is 0 Å². The van der Waals surface area contributed by atoms with Crippen molar-refractivity contribution in [2.24, 2.45) is 11.3 Å². The highest BCUT2D eigenvalue weighted by Gasteiger charge is 2.54. The Labute approximate surface area is 211 Å². The van der Waals surface area contributed by atoms with Gasteiger partial charge in [0.2, 0.25) is 21.8 Å². The number of ether oxygens (including phenoxy) is 1. The lowest BCUT2D eigenvalue weighted by Gasteiger charge is -2.37. The van der Waals surface area contributed by atoms with E-state index in [1.54, 1.807) is 18.9 Å². The van der Waals surface area contributed by atoms with Crippen molar-refractivity contribution in [3.8, 4) is 5.75 Å². The standard InChI is InChI=1S/C24H36F2N4O5S/c1-14(27-5)22(31)28-21(24(2,3)4)23(32)29-10-9-19-20(29)15(12-30(19)36(6,33)34)13-35-16-7-8-17(25)18(26)11-16/h7-8,11,14-15,19-21,27H,9-10,12-13H2,1-6H3,(H,28,31)/t14-,15+,19+,20+,21+/m0/s1.